The number of aliphatic hydroxyl groups is 2. The van der Waals surface area contributed by atoms with E-state index in [1.165, 1.54) is 18.2 Å². The lowest BCUT2D eigenvalue weighted by Gasteiger charge is -1.95. The Bertz CT molecular complexity index is 369. The maximum absolute atomic E-state index is 10.4. The summed E-state index contributed by atoms with van der Waals surface area (Å²) in [6.07, 6.45) is 2.58. The molecule has 0 aliphatic carbocycles. The van der Waals surface area contributed by atoms with Crippen molar-refractivity contribution in [2.45, 2.75) is 19.3 Å². The van der Waals surface area contributed by atoms with Crippen molar-refractivity contribution in [3.63, 3.8) is 0 Å². The monoisotopic (exact) mass is 270 g/mol. The quantitative estimate of drug-likeness (QED) is 0.578. The Balaban J connectivity index is 0.000000399. The highest BCUT2D eigenvalue weighted by molar-refractivity contribution is 5.93. The first-order valence-corrected chi connectivity index (χ1v) is 5.81. The molecule has 0 amide bonds. The Morgan fingerprint density at radius 1 is 0.842 bits per heavy atom. The van der Waals surface area contributed by atoms with Crippen LogP contribution in [0.2, 0.25) is 0 Å². The third-order valence-electron chi connectivity index (χ3n) is 2.17. The number of benzene rings is 1. The molecule has 6 nitrogen and oxygen atoms in total. The molecule has 0 fully saturated rings. The zero-order chi connectivity index (χ0) is 14.7. The molecular weight excluding hydrogens is 252 g/mol. The van der Waals surface area contributed by atoms with Gasteiger partial charge in [0, 0.05) is 13.2 Å². The number of hydrogen-bond acceptors (Lipinski definition) is 4. The van der Waals surface area contributed by atoms with E-state index in [4.69, 9.17) is 20.4 Å². The first-order chi connectivity index (χ1) is 9.02. The zero-order valence-electron chi connectivity index (χ0n) is 10.5. The molecule has 106 valence electrons. The maximum Gasteiger partial charge on any atom is 0.335 e. The van der Waals surface area contributed by atoms with Crippen LogP contribution < -0.4 is 0 Å². The minimum Gasteiger partial charge on any atom is -0.478 e. The number of aromatic carboxylic acids is 2. The third-order valence-corrected chi connectivity index (χ3v) is 2.17. The van der Waals surface area contributed by atoms with Gasteiger partial charge in [-0.05, 0) is 37.5 Å². The Labute approximate surface area is 110 Å². The molecule has 1 rings (SSSR count). The molecule has 0 heterocycles. The summed E-state index contributed by atoms with van der Waals surface area (Å²) < 4.78 is 0. The molecule has 0 atom stereocenters. The van der Waals surface area contributed by atoms with E-state index in [2.05, 4.69) is 0 Å². The van der Waals surface area contributed by atoms with Crippen LogP contribution in [0.25, 0.3) is 0 Å². The Hall–Kier alpha value is -1.92. The highest BCUT2D eigenvalue weighted by Crippen LogP contribution is 2.04. The molecule has 0 saturated carbocycles. The van der Waals surface area contributed by atoms with Gasteiger partial charge in [-0.15, -0.1) is 0 Å². The first-order valence-electron chi connectivity index (χ1n) is 5.81. The molecule has 0 aromatic heterocycles. The summed E-state index contributed by atoms with van der Waals surface area (Å²) >= 11 is 0. The number of carboxylic acids is 2. The lowest BCUT2D eigenvalue weighted by atomic mass is 10.1. The number of carbonyl (C=O) groups is 2. The molecule has 19 heavy (non-hydrogen) atoms. The highest BCUT2D eigenvalue weighted by atomic mass is 16.4. The van der Waals surface area contributed by atoms with Gasteiger partial charge in [-0.2, -0.15) is 0 Å². The van der Waals surface area contributed by atoms with Gasteiger partial charge in [0.25, 0.3) is 0 Å². The van der Waals surface area contributed by atoms with Crippen molar-refractivity contribution in [2.75, 3.05) is 13.2 Å². The van der Waals surface area contributed by atoms with Crippen LogP contribution in [0.15, 0.2) is 24.3 Å². The van der Waals surface area contributed by atoms with Crippen LogP contribution in [0, 0.1) is 0 Å². The van der Waals surface area contributed by atoms with E-state index in [1.54, 1.807) is 0 Å². The second kappa shape index (κ2) is 10.0. The average Bonchev–Trinajstić information content (AvgIpc) is 2.40. The molecule has 0 bridgehead atoms. The van der Waals surface area contributed by atoms with Gasteiger partial charge in [0.2, 0.25) is 0 Å². The summed E-state index contributed by atoms with van der Waals surface area (Å²) in [5.74, 6) is -2.25. The van der Waals surface area contributed by atoms with Crippen molar-refractivity contribution in [1.82, 2.24) is 0 Å². The normalized spacial score (nSPS) is 9.37. The van der Waals surface area contributed by atoms with Gasteiger partial charge in [0.1, 0.15) is 0 Å². The second-order valence-electron chi connectivity index (χ2n) is 3.70. The summed E-state index contributed by atoms with van der Waals surface area (Å²) in [4.78, 5) is 20.8. The molecule has 0 radical (unpaired) electrons. The van der Waals surface area contributed by atoms with Gasteiger partial charge < -0.3 is 20.4 Å². The van der Waals surface area contributed by atoms with Crippen molar-refractivity contribution in [3.05, 3.63) is 35.4 Å². The molecule has 1 aromatic carbocycles. The first kappa shape index (κ1) is 17.1. The average molecular weight is 270 g/mol. The lowest BCUT2D eigenvalue weighted by molar-refractivity contribution is 0.0696. The fourth-order valence-electron chi connectivity index (χ4n) is 1.19. The van der Waals surface area contributed by atoms with E-state index < -0.39 is 11.9 Å². The summed E-state index contributed by atoms with van der Waals surface area (Å²) in [5, 5.41) is 33.4. The van der Waals surface area contributed by atoms with Crippen LogP contribution in [0.5, 0.6) is 0 Å². The van der Waals surface area contributed by atoms with E-state index in [0.29, 0.717) is 0 Å². The van der Waals surface area contributed by atoms with Gasteiger partial charge in [-0.25, -0.2) is 9.59 Å². The van der Waals surface area contributed by atoms with Gasteiger partial charge in [-0.3, -0.25) is 0 Å². The summed E-state index contributed by atoms with van der Waals surface area (Å²) in [6.45, 7) is 0.500. The molecule has 4 N–H and O–H groups in total. The molecule has 1 aromatic rings. The SMILES string of the molecule is O=C(O)c1cccc(C(=O)O)c1.OCCCCCO. The summed E-state index contributed by atoms with van der Waals surface area (Å²) in [7, 11) is 0. The topological polar surface area (TPSA) is 115 Å². The van der Waals surface area contributed by atoms with Crippen LogP contribution in [-0.2, 0) is 0 Å². The van der Waals surface area contributed by atoms with Gasteiger partial charge >= 0.3 is 11.9 Å². The second-order valence-corrected chi connectivity index (χ2v) is 3.70. The third kappa shape index (κ3) is 7.91. The van der Waals surface area contributed by atoms with Crippen LogP contribution in [0.3, 0.4) is 0 Å². The van der Waals surface area contributed by atoms with Crippen LogP contribution >= 0.6 is 0 Å². The van der Waals surface area contributed by atoms with E-state index >= 15 is 0 Å². The Morgan fingerprint density at radius 2 is 1.26 bits per heavy atom. The standard InChI is InChI=1S/C8H6O4.C5H12O2/c9-7(10)5-2-1-3-6(4-5)8(11)12;6-4-2-1-3-5-7/h1-4H,(H,9,10)(H,11,12);6-7H,1-5H2. The lowest BCUT2D eigenvalue weighted by Crippen LogP contribution is -2.01. The van der Waals surface area contributed by atoms with Gasteiger partial charge in [0.05, 0.1) is 11.1 Å². The summed E-state index contributed by atoms with van der Waals surface area (Å²) in [6, 6.07) is 5.20. The molecular formula is C13H18O6. The molecule has 0 unspecified atom stereocenters. The van der Waals surface area contributed by atoms with Gasteiger partial charge in [0.15, 0.2) is 0 Å². The van der Waals surface area contributed by atoms with Crippen LogP contribution in [0.4, 0.5) is 0 Å². The molecule has 0 aliphatic rings. The number of unbranched alkanes of at least 4 members (excludes halogenated alkanes) is 2. The number of carboxylic acid groups (broad SMARTS) is 2. The Morgan fingerprint density at radius 3 is 1.58 bits per heavy atom. The maximum atomic E-state index is 10.4. The minimum atomic E-state index is -1.13. The van der Waals surface area contributed by atoms with E-state index in [0.717, 1.165) is 25.3 Å². The zero-order valence-corrected chi connectivity index (χ0v) is 10.5. The van der Waals surface area contributed by atoms with Crippen molar-refractivity contribution < 1.29 is 30.0 Å². The highest BCUT2D eigenvalue weighted by Gasteiger charge is 2.06. The molecule has 0 saturated heterocycles. The summed E-state index contributed by atoms with van der Waals surface area (Å²) in [5.41, 5.74) is -0.0372. The fraction of sp³-hybridized carbons (Fsp3) is 0.385. The fourth-order valence-corrected chi connectivity index (χ4v) is 1.19. The molecule has 0 spiro atoms. The van der Waals surface area contributed by atoms with Gasteiger partial charge in [-0.1, -0.05) is 6.07 Å². The van der Waals surface area contributed by atoms with Crippen LogP contribution in [-0.4, -0.2) is 45.6 Å². The van der Waals surface area contributed by atoms with Crippen molar-refractivity contribution >= 4 is 11.9 Å². The molecule has 0 aliphatic heterocycles. The Kier molecular flexibility index (Phi) is 9.03. The smallest absolute Gasteiger partial charge is 0.335 e. The van der Waals surface area contributed by atoms with Crippen molar-refractivity contribution in [3.8, 4) is 0 Å². The van der Waals surface area contributed by atoms with Crippen molar-refractivity contribution in [1.29, 1.82) is 0 Å². The number of aliphatic hydroxyl groups excluding tert-OH is 2. The van der Waals surface area contributed by atoms with E-state index in [9.17, 15) is 9.59 Å². The minimum absolute atomic E-state index is 0.0186. The molecule has 6 heteroatoms. The number of rotatable bonds is 6. The van der Waals surface area contributed by atoms with E-state index in [1.807, 2.05) is 0 Å². The van der Waals surface area contributed by atoms with E-state index in [-0.39, 0.29) is 24.3 Å². The largest absolute Gasteiger partial charge is 0.478 e. The van der Waals surface area contributed by atoms with Crippen molar-refractivity contribution in [2.24, 2.45) is 0 Å². The predicted octanol–water partition coefficient (Wildman–Crippen LogP) is 1.22. The number of hydrogen-bond donors (Lipinski definition) is 4. The predicted molar refractivity (Wildman–Crippen MR) is 68.4 cm³/mol. The van der Waals surface area contributed by atoms with Crippen LogP contribution in [0.1, 0.15) is 40.0 Å².